The van der Waals surface area contributed by atoms with Crippen LogP contribution in [0.3, 0.4) is 0 Å². The predicted octanol–water partition coefficient (Wildman–Crippen LogP) is 3.36. The highest BCUT2D eigenvalue weighted by atomic mass is 32.2. The Morgan fingerprint density at radius 1 is 0.867 bits per heavy atom. The van der Waals surface area contributed by atoms with E-state index >= 15 is 0 Å². The summed E-state index contributed by atoms with van der Waals surface area (Å²) in [4.78, 5) is 13.4. The third kappa shape index (κ3) is 3.75. The molecule has 0 fully saturated rings. The average molecular weight is 432 g/mol. The lowest BCUT2D eigenvalue weighted by Crippen LogP contribution is -2.29. The van der Waals surface area contributed by atoms with Gasteiger partial charge in [-0.1, -0.05) is 0 Å². The predicted molar refractivity (Wildman–Crippen MR) is 113 cm³/mol. The molecule has 0 radical (unpaired) electrons. The number of carbonyl (C=O) groups is 1. The zero-order valence-electron chi connectivity index (χ0n) is 17.7. The number of methoxy groups -OCH3 is 3. The second-order valence-corrected chi connectivity index (χ2v) is 9.37. The Hall–Kier alpha value is -3.00. The van der Waals surface area contributed by atoms with Gasteiger partial charge < -0.3 is 18.9 Å². The molecule has 30 heavy (non-hydrogen) atoms. The van der Waals surface area contributed by atoms with Gasteiger partial charge in [0.1, 0.15) is 5.76 Å². The van der Waals surface area contributed by atoms with Crippen LogP contribution in [-0.4, -0.2) is 47.4 Å². The summed E-state index contributed by atoms with van der Waals surface area (Å²) in [6.07, 6.45) is 1.14. The van der Waals surface area contributed by atoms with Gasteiger partial charge in [0.2, 0.25) is 11.5 Å². The van der Waals surface area contributed by atoms with Crippen molar-refractivity contribution in [3.63, 3.8) is 0 Å². The van der Waals surface area contributed by atoms with Crippen molar-refractivity contribution >= 4 is 27.0 Å². The summed E-state index contributed by atoms with van der Waals surface area (Å²) in [5.41, 5.74) is 0.402. The molecule has 0 saturated carbocycles. The van der Waals surface area contributed by atoms with E-state index in [1.807, 2.05) is 0 Å². The first kappa shape index (κ1) is 21.7. The highest BCUT2D eigenvalue weighted by Gasteiger charge is 2.43. The molecule has 160 valence electrons. The Balaban J connectivity index is 2.24. The smallest absolute Gasteiger partial charge is 0.210 e. The minimum Gasteiger partial charge on any atom is -0.493 e. The molecule has 1 aliphatic rings. The van der Waals surface area contributed by atoms with Crippen molar-refractivity contribution in [2.75, 3.05) is 27.6 Å². The zero-order chi connectivity index (χ0) is 22.3. The molecule has 0 aromatic heterocycles. The van der Waals surface area contributed by atoms with Crippen LogP contribution in [0.2, 0.25) is 0 Å². The van der Waals surface area contributed by atoms with Gasteiger partial charge in [-0.2, -0.15) is 0 Å². The number of hydrogen-bond donors (Lipinski definition) is 0. The van der Waals surface area contributed by atoms with Crippen LogP contribution in [0.1, 0.15) is 25.0 Å². The number of sulfone groups is 1. The van der Waals surface area contributed by atoms with Crippen LogP contribution in [0.4, 0.5) is 0 Å². The molecule has 2 aromatic rings. The fourth-order valence-electron chi connectivity index (χ4n) is 3.30. The van der Waals surface area contributed by atoms with E-state index in [1.165, 1.54) is 33.5 Å². The fourth-order valence-corrected chi connectivity index (χ4v) is 3.93. The van der Waals surface area contributed by atoms with E-state index < -0.39 is 15.4 Å². The van der Waals surface area contributed by atoms with E-state index in [4.69, 9.17) is 18.9 Å². The summed E-state index contributed by atoms with van der Waals surface area (Å²) in [7, 11) is 1.16. The molecular formula is C22H24O7S. The third-order valence-electron chi connectivity index (χ3n) is 4.86. The van der Waals surface area contributed by atoms with E-state index in [1.54, 1.807) is 38.1 Å². The van der Waals surface area contributed by atoms with Crippen LogP contribution >= 0.6 is 0 Å². The summed E-state index contributed by atoms with van der Waals surface area (Å²) < 4.78 is 45.7. The van der Waals surface area contributed by atoms with Crippen molar-refractivity contribution in [2.45, 2.75) is 24.3 Å². The minimum absolute atomic E-state index is 0.185. The molecule has 0 amide bonds. The lowest BCUT2D eigenvalue weighted by Gasteiger charge is -2.18. The van der Waals surface area contributed by atoms with Gasteiger partial charge in [-0.3, -0.25) is 4.79 Å². The fraction of sp³-hybridized carbons (Fsp3) is 0.318. The lowest BCUT2D eigenvalue weighted by atomic mass is 9.92. The van der Waals surface area contributed by atoms with Gasteiger partial charge in [0, 0.05) is 11.8 Å². The molecule has 0 atom stereocenters. The van der Waals surface area contributed by atoms with Gasteiger partial charge >= 0.3 is 0 Å². The summed E-state index contributed by atoms with van der Waals surface area (Å²) in [6.45, 7) is 3.37. The van der Waals surface area contributed by atoms with Gasteiger partial charge in [-0.15, -0.1) is 0 Å². The van der Waals surface area contributed by atoms with Crippen molar-refractivity contribution in [3.05, 3.63) is 47.5 Å². The average Bonchev–Trinajstić information content (AvgIpc) is 2.95. The zero-order valence-corrected chi connectivity index (χ0v) is 18.5. The van der Waals surface area contributed by atoms with E-state index in [2.05, 4.69) is 0 Å². The number of rotatable bonds is 6. The second kappa shape index (κ2) is 7.68. The van der Waals surface area contributed by atoms with Crippen LogP contribution < -0.4 is 14.2 Å². The molecule has 2 aromatic carbocycles. The van der Waals surface area contributed by atoms with Crippen molar-refractivity contribution in [1.82, 2.24) is 0 Å². The number of ether oxygens (including phenoxy) is 4. The van der Waals surface area contributed by atoms with Crippen LogP contribution in [0.25, 0.3) is 11.3 Å². The SMILES string of the molecule is COc1cc(C2=C(c3ccc(S(C)(=O)=O)cc3)OC(C)(C)C2=O)cc(OC)c1OC. The number of Topliss-reactive ketones (excluding diaryl/α,β-unsaturated/α-hetero) is 1. The van der Waals surface area contributed by atoms with Crippen molar-refractivity contribution in [1.29, 1.82) is 0 Å². The van der Waals surface area contributed by atoms with E-state index in [0.717, 1.165) is 6.26 Å². The summed E-state index contributed by atoms with van der Waals surface area (Å²) in [5.74, 6) is 1.37. The third-order valence-corrected chi connectivity index (χ3v) is 5.98. The molecule has 0 unspecified atom stereocenters. The van der Waals surface area contributed by atoms with E-state index in [9.17, 15) is 13.2 Å². The second-order valence-electron chi connectivity index (χ2n) is 7.36. The maximum Gasteiger partial charge on any atom is 0.210 e. The molecule has 0 N–H and O–H groups in total. The van der Waals surface area contributed by atoms with Gasteiger partial charge in [0.25, 0.3) is 0 Å². The summed E-state index contributed by atoms with van der Waals surface area (Å²) in [5, 5.41) is 0. The van der Waals surface area contributed by atoms with Crippen LogP contribution in [0, 0.1) is 0 Å². The molecule has 0 spiro atoms. The number of ketones is 1. The Morgan fingerprint density at radius 2 is 1.40 bits per heavy atom. The molecule has 0 aliphatic carbocycles. The number of benzene rings is 2. The monoisotopic (exact) mass is 432 g/mol. The maximum absolute atomic E-state index is 13.2. The molecule has 0 saturated heterocycles. The first-order valence-electron chi connectivity index (χ1n) is 9.12. The molecule has 3 rings (SSSR count). The number of carbonyl (C=O) groups excluding carboxylic acids is 1. The molecule has 7 nitrogen and oxygen atoms in total. The van der Waals surface area contributed by atoms with E-state index in [-0.39, 0.29) is 10.7 Å². The molecule has 1 heterocycles. The molecule has 8 heteroatoms. The maximum atomic E-state index is 13.2. The first-order chi connectivity index (χ1) is 14.0. The van der Waals surface area contributed by atoms with Crippen molar-refractivity contribution < 1.29 is 32.2 Å². The van der Waals surface area contributed by atoms with Crippen LogP contribution in [0.5, 0.6) is 17.2 Å². The summed E-state index contributed by atoms with van der Waals surface area (Å²) >= 11 is 0. The molecule has 0 bridgehead atoms. The summed E-state index contributed by atoms with van der Waals surface area (Å²) in [6, 6.07) is 9.60. The Kier molecular flexibility index (Phi) is 5.56. The van der Waals surface area contributed by atoms with Gasteiger partial charge in [-0.25, -0.2) is 8.42 Å². The van der Waals surface area contributed by atoms with Gasteiger partial charge in [0.05, 0.1) is 31.8 Å². The Morgan fingerprint density at radius 3 is 1.83 bits per heavy atom. The Bertz CT molecular complexity index is 1100. The van der Waals surface area contributed by atoms with Gasteiger partial charge in [-0.05, 0) is 55.8 Å². The van der Waals surface area contributed by atoms with Crippen LogP contribution in [0.15, 0.2) is 41.3 Å². The number of hydrogen-bond acceptors (Lipinski definition) is 7. The van der Waals surface area contributed by atoms with E-state index in [0.29, 0.717) is 39.7 Å². The topological polar surface area (TPSA) is 88.1 Å². The van der Waals surface area contributed by atoms with Crippen molar-refractivity contribution in [3.8, 4) is 17.2 Å². The normalized spacial score (nSPS) is 15.7. The van der Waals surface area contributed by atoms with Crippen molar-refractivity contribution in [2.24, 2.45) is 0 Å². The Labute approximate surface area is 176 Å². The first-order valence-corrected chi connectivity index (χ1v) is 11.0. The molecule has 1 aliphatic heterocycles. The highest BCUT2D eigenvalue weighted by molar-refractivity contribution is 7.90. The minimum atomic E-state index is -3.34. The van der Waals surface area contributed by atoms with Crippen LogP contribution in [-0.2, 0) is 19.4 Å². The largest absolute Gasteiger partial charge is 0.493 e. The molecular weight excluding hydrogens is 408 g/mol. The quantitative estimate of drug-likeness (QED) is 0.692. The lowest BCUT2D eigenvalue weighted by molar-refractivity contribution is -0.125. The highest BCUT2D eigenvalue weighted by Crippen LogP contribution is 2.46. The standard InChI is InChI=1S/C22H24O7S/c1-22(2)21(23)18(14-11-16(26-3)20(28-5)17(12-14)27-4)19(29-22)13-7-9-15(10-8-13)30(6,24)25/h7-12H,1-6H3. The van der Waals surface area contributed by atoms with Gasteiger partial charge in [0.15, 0.2) is 26.9 Å².